The number of ether oxygens (including phenoxy) is 4. The fourth-order valence-electron chi connectivity index (χ4n) is 1.95. The molecule has 1 rings (SSSR count). The normalized spacial score (nSPS) is 16.1. The van der Waals surface area contributed by atoms with E-state index in [9.17, 15) is 14.4 Å². The highest BCUT2D eigenvalue weighted by Gasteiger charge is 2.30. The molecule has 1 amide bonds. The number of hydrogen-bond donors (Lipinski definition) is 2. The second kappa shape index (κ2) is 18.6. The molecule has 12 heteroatoms. The van der Waals surface area contributed by atoms with E-state index in [1.165, 1.54) is 19.1 Å². The molecular weight excluding hydrogens is 544 g/mol. The van der Waals surface area contributed by atoms with Crippen molar-refractivity contribution in [2.45, 2.75) is 26.4 Å². The van der Waals surface area contributed by atoms with Gasteiger partial charge < -0.3 is 34.7 Å². The Morgan fingerprint density at radius 2 is 1.74 bits per heavy atom. The van der Waals surface area contributed by atoms with Gasteiger partial charge in [0.25, 0.3) is 0 Å². The van der Waals surface area contributed by atoms with Crippen molar-refractivity contribution in [3.63, 3.8) is 0 Å². The maximum Gasteiger partial charge on any atom is 0.410 e. The standard InChI is InChI=1S/C12H21NO5.C5H8Br2O2.C2H7NO/c1-12(2,3)18-11(15)13-5-6-17-8-9(7-13)10(14)16-4;1-9-5(8)4(2-6)3-7;3-1-2-4/h9H,5-8H2,1-4H3;4H,2-3H2,1H3;4H,1-3H2. The van der Waals surface area contributed by atoms with Crippen LogP contribution in [0.1, 0.15) is 20.8 Å². The Balaban J connectivity index is 0. The van der Waals surface area contributed by atoms with Gasteiger partial charge in [0.2, 0.25) is 0 Å². The van der Waals surface area contributed by atoms with Crippen molar-refractivity contribution in [2.24, 2.45) is 17.6 Å². The lowest BCUT2D eigenvalue weighted by Gasteiger charge is -2.27. The Kier molecular flexibility index (Phi) is 19.3. The number of aliphatic hydroxyl groups is 1. The lowest BCUT2D eigenvalue weighted by molar-refractivity contribution is -0.147. The predicted molar refractivity (Wildman–Crippen MR) is 123 cm³/mol. The van der Waals surface area contributed by atoms with Crippen molar-refractivity contribution in [3.05, 3.63) is 0 Å². The minimum absolute atomic E-state index is 0.0602. The van der Waals surface area contributed by atoms with Crippen molar-refractivity contribution < 1.29 is 38.4 Å². The van der Waals surface area contributed by atoms with E-state index in [1.54, 1.807) is 20.8 Å². The monoisotopic (exact) mass is 578 g/mol. The van der Waals surface area contributed by atoms with Crippen molar-refractivity contribution >= 4 is 49.9 Å². The number of esters is 2. The van der Waals surface area contributed by atoms with E-state index in [-0.39, 0.29) is 37.6 Å². The van der Waals surface area contributed by atoms with Crippen LogP contribution in [0.15, 0.2) is 0 Å². The highest BCUT2D eigenvalue weighted by molar-refractivity contribution is 9.09. The zero-order valence-corrected chi connectivity index (χ0v) is 22.1. The van der Waals surface area contributed by atoms with Crippen LogP contribution in [0.25, 0.3) is 0 Å². The third-order valence-corrected chi connectivity index (χ3v) is 5.05. The van der Waals surface area contributed by atoms with E-state index in [4.69, 9.17) is 20.3 Å². The lowest BCUT2D eigenvalue weighted by atomic mass is 10.1. The third-order valence-electron chi connectivity index (χ3n) is 3.49. The number of alkyl halides is 2. The molecule has 0 saturated carbocycles. The molecule has 0 bridgehead atoms. The number of amides is 1. The summed E-state index contributed by atoms with van der Waals surface area (Å²) in [7, 11) is 2.71. The molecular formula is C19H36Br2N2O8. The smallest absolute Gasteiger partial charge is 0.410 e. The summed E-state index contributed by atoms with van der Waals surface area (Å²) in [6.45, 7) is 7.23. The summed E-state index contributed by atoms with van der Waals surface area (Å²) in [5.74, 6) is -1.06. The lowest BCUT2D eigenvalue weighted by Crippen LogP contribution is -2.41. The zero-order valence-electron chi connectivity index (χ0n) is 18.9. The molecule has 0 aromatic rings. The second-order valence-corrected chi connectivity index (χ2v) is 8.56. The van der Waals surface area contributed by atoms with Gasteiger partial charge in [-0.05, 0) is 20.8 Å². The predicted octanol–water partition coefficient (Wildman–Crippen LogP) is 1.55. The quantitative estimate of drug-likeness (QED) is 0.282. The average Bonchev–Trinajstić information content (AvgIpc) is 3.00. The fraction of sp³-hybridized carbons (Fsp3) is 0.842. The highest BCUT2D eigenvalue weighted by Crippen LogP contribution is 2.14. The Morgan fingerprint density at radius 1 is 1.19 bits per heavy atom. The fourth-order valence-corrected chi connectivity index (χ4v) is 3.55. The number of rotatable bonds is 5. The molecule has 0 aromatic heterocycles. The third kappa shape index (κ3) is 16.4. The Bertz CT molecular complexity index is 512. The van der Waals surface area contributed by atoms with Gasteiger partial charge in [0, 0.05) is 30.3 Å². The van der Waals surface area contributed by atoms with E-state index in [2.05, 4.69) is 41.3 Å². The molecule has 184 valence electrons. The minimum atomic E-state index is -0.551. The van der Waals surface area contributed by atoms with Gasteiger partial charge >= 0.3 is 18.0 Å². The first-order valence-electron chi connectivity index (χ1n) is 9.65. The van der Waals surface area contributed by atoms with Gasteiger partial charge in [-0.3, -0.25) is 9.59 Å². The molecule has 0 radical (unpaired) electrons. The van der Waals surface area contributed by atoms with Crippen molar-refractivity contribution in [1.29, 1.82) is 0 Å². The first-order chi connectivity index (χ1) is 14.5. The van der Waals surface area contributed by atoms with Crippen LogP contribution < -0.4 is 5.73 Å². The van der Waals surface area contributed by atoms with Crippen LogP contribution in [-0.2, 0) is 28.5 Å². The van der Waals surface area contributed by atoms with Gasteiger partial charge in [-0.15, -0.1) is 0 Å². The number of carbonyl (C=O) groups is 3. The zero-order chi connectivity index (χ0) is 24.4. The van der Waals surface area contributed by atoms with Crippen LogP contribution in [0.5, 0.6) is 0 Å². The Hall–Kier alpha value is -0.950. The first kappa shape index (κ1) is 32.2. The van der Waals surface area contributed by atoms with Crippen molar-refractivity contribution in [3.8, 4) is 0 Å². The number of carbonyl (C=O) groups excluding carboxylic acids is 3. The molecule has 1 atom stereocenters. The van der Waals surface area contributed by atoms with E-state index in [0.29, 0.717) is 30.4 Å². The number of methoxy groups -OCH3 is 2. The summed E-state index contributed by atoms with van der Waals surface area (Å²) in [5, 5.41) is 9.04. The van der Waals surface area contributed by atoms with Gasteiger partial charge in [0.1, 0.15) is 5.60 Å². The Morgan fingerprint density at radius 3 is 2.10 bits per heavy atom. The molecule has 1 heterocycles. The van der Waals surface area contributed by atoms with Crippen LogP contribution >= 0.6 is 31.9 Å². The molecule has 1 saturated heterocycles. The average molecular weight is 580 g/mol. The molecule has 1 aliphatic heterocycles. The summed E-state index contributed by atoms with van der Waals surface area (Å²) in [6, 6.07) is 0. The number of hydrogen-bond acceptors (Lipinski definition) is 9. The van der Waals surface area contributed by atoms with Crippen LogP contribution in [-0.4, -0.2) is 98.0 Å². The summed E-state index contributed by atoms with van der Waals surface area (Å²) < 4.78 is 19.7. The van der Waals surface area contributed by atoms with Crippen LogP contribution in [0.4, 0.5) is 4.79 Å². The second-order valence-electron chi connectivity index (χ2n) is 7.26. The molecule has 0 aliphatic carbocycles. The molecule has 1 unspecified atom stereocenters. The van der Waals surface area contributed by atoms with Gasteiger partial charge in [-0.1, -0.05) is 31.9 Å². The first-order valence-corrected chi connectivity index (χ1v) is 11.9. The molecule has 1 fully saturated rings. The summed E-state index contributed by atoms with van der Waals surface area (Å²) in [5.41, 5.74) is 4.23. The van der Waals surface area contributed by atoms with Gasteiger partial charge in [0.05, 0.1) is 45.9 Å². The number of nitrogens with zero attached hydrogens (tertiary/aromatic N) is 1. The Labute approximate surface area is 201 Å². The molecule has 1 aliphatic rings. The topological polar surface area (TPSA) is 138 Å². The SMILES string of the molecule is COC(=O)C(CBr)CBr.COC(=O)C1COCCN(C(=O)OC(C)(C)C)C1.NCCO. The van der Waals surface area contributed by atoms with Crippen molar-refractivity contribution in [1.82, 2.24) is 4.90 Å². The van der Waals surface area contributed by atoms with Crippen molar-refractivity contribution in [2.75, 3.05) is 64.3 Å². The number of aliphatic hydroxyl groups excluding tert-OH is 1. The highest BCUT2D eigenvalue weighted by atomic mass is 79.9. The van der Waals surface area contributed by atoms with Crippen LogP contribution in [0.3, 0.4) is 0 Å². The number of nitrogens with two attached hydrogens (primary N) is 1. The van der Waals surface area contributed by atoms with E-state index >= 15 is 0 Å². The molecule has 0 aromatic carbocycles. The summed E-state index contributed by atoms with van der Waals surface area (Å²) in [6.07, 6.45) is -0.429. The van der Waals surface area contributed by atoms with Gasteiger partial charge in [-0.25, -0.2) is 4.79 Å². The summed E-state index contributed by atoms with van der Waals surface area (Å²) >= 11 is 6.37. The summed E-state index contributed by atoms with van der Waals surface area (Å²) in [4.78, 5) is 35.6. The molecule has 31 heavy (non-hydrogen) atoms. The largest absolute Gasteiger partial charge is 0.469 e. The van der Waals surface area contributed by atoms with Crippen LogP contribution in [0.2, 0.25) is 0 Å². The van der Waals surface area contributed by atoms with E-state index in [0.717, 1.165) is 0 Å². The number of halogens is 2. The minimum Gasteiger partial charge on any atom is -0.469 e. The molecule has 10 nitrogen and oxygen atoms in total. The van der Waals surface area contributed by atoms with E-state index < -0.39 is 17.6 Å². The molecule has 3 N–H and O–H groups in total. The van der Waals surface area contributed by atoms with Gasteiger partial charge in [-0.2, -0.15) is 0 Å². The molecule has 0 spiro atoms. The maximum atomic E-state index is 11.9. The maximum absolute atomic E-state index is 11.9. The van der Waals surface area contributed by atoms with E-state index in [1.807, 2.05) is 0 Å². The van der Waals surface area contributed by atoms with Crippen LogP contribution in [0, 0.1) is 11.8 Å². The van der Waals surface area contributed by atoms with Gasteiger partial charge in [0.15, 0.2) is 0 Å².